The van der Waals surface area contributed by atoms with Crippen LogP contribution in [0.1, 0.15) is 28.9 Å². The Labute approximate surface area is 124 Å². The fraction of sp³-hybridized carbons (Fsp3) is 0.263. The lowest BCUT2D eigenvalue weighted by Gasteiger charge is -2.38. The molecule has 0 aromatic heterocycles. The third-order valence-electron chi connectivity index (χ3n) is 5.13. The first-order valence-electron chi connectivity index (χ1n) is 7.47. The Bertz CT molecular complexity index is 762. The zero-order valence-electron chi connectivity index (χ0n) is 11.8. The van der Waals surface area contributed by atoms with Crippen LogP contribution in [-0.2, 0) is 4.74 Å². The molecule has 4 atom stereocenters. The lowest BCUT2D eigenvalue weighted by Crippen LogP contribution is -2.29. The van der Waals surface area contributed by atoms with Crippen molar-refractivity contribution in [2.75, 3.05) is 7.11 Å². The Morgan fingerprint density at radius 3 is 2.57 bits per heavy atom. The molecule has 2 aromatic carbocycles. The summed E-state index contributed by atoms with van der Waals surface area (Å²) in [5.74, 6) is 1.98. The maximum atomic E-state index is 6.25. The molecule has 1 aliphatic carbocycles. The van der Waals surface area contributed by atoms with E-state index < -0.39 is 0 Å². The first-order chi connectivity index (χ1) is 10.4. The molecule has 2 nitrogen and oxygen atoms in total. The molecule has 104 valence electrons. The largest absolute Gasteiger partial charge is 0.497 e. The van der Waals surface area contributed by atoms with E-state index in [0.29, 0.717) is 11.8 Å². The maximum absolute atomic E-state index is 6.25. The molecule has 0 amide bonds. The van der Waals surface area contributed by atoms with Crippen LogP contribution in [-0.4, -0.2) is 7.11 Å². The summed E-state index contributed by atoms with van der Waals surface area (Å²) in [6.45, 7) is 0. The SMILES string of the molecule is COc1cccc(C2=CC3C4OC(c5ccccc54)C23)c1. The molecule has 1 saturated heterocycles. The normalized spacial score (nSPS) is 31.2. The van der Waals surface area contributed by atoms with Crippen molar-refractivity contribution in [1.29, 1.82) is 0 Å². The second kappa shape index (κ2) is 3.99. The predicted molar refractivity (Wildman–Crippen MR) is 81.0 cm³/mol. The standard InChI is InChI=1S/C19H16O2/c1-20-12-6-4-5-11(9-12)15-10-16-17(15)19-14-8-3-2-7-13(14)18(16)21-19/h2-10,16-19H,1H3. The molecule has 0 radical (unpaired) electrons. The molecule has 2 bridgehead atoms. The monoisotopic (exact) mass is 276 g/mol. The fourth-order valence-electron chi connectivity index (χ4n) is 4.15. The van der Waals surface area contributed by atoms with Crippen LogP contribution in [0.2, 0.25) is 0 Å². The highest BCUT2D eigenvalue weighted by atomic mass is 16.5. The Balaban J connectivity index is 1.55. The summed E-state index contributed by atoms with van der Waals surface area (Å²) in [5.41, 5.74) is 5.46. The van der Waals surface area contributed by atoms with Crippen LogP contribution in [0.4, 0.5) is 0 Å². The van der Waals surface area contributed by atoms with Crippen LogP contribution >= 0.6 is 0 Å². The number of methoxy groups -OCH3 is 1. The van der Waals surface area contributed by atoms with Crippen molar-refractivity contribution in [3.63, 3.8) is 0 Å². The second-order valence-electron chi connectivity index (χ2n) is 6.06. The smallest absolute Gasteiger partial charge is 0.119 e. The molecular formula is C19H16O2. The van der Waals surface area contributed by atoms with Crippen molar-refractivity contribution >= 4 is 5.57 Å². The van der Waals surface area contributed by atoms with Gasteiger partial charge in [-0.1, -0.05) is 42.5 Å². The number of rotatable bonds is 2. The Morgan fingerprint density at radius 1 is 0.952 bits per heavy atom. The zero-order chi connectivity index (χ0) is 14.0. The maximum Gasteiger partial charge on any atom is 0.119 e. The van der Waals surface area contributed by atoms with E-state index in [2.05, 4.69) is 48.5 Å². The highest BCUT2D eigenvalue weighted by Crippen LogP contribution is 2.66. The molecule has 2 heterocycles. The first kappa shape index (κ1) is 11.6. The Hall–Kier alpha value is -2.06. The van der Waals surface area contributed by atoms with E-state index in [1.54, 1.807) is 7.11 Å². The Morgan fingerprint density at radius 2 is 1.76 bits per heavy atom. The summed E-state index contributed by atoms with van der Waals surface area (Å²) in [4.78, 5) is 0. The van der Waals surface area contributed by atoms with E-state index in [9.17, 15) is 0 Å². The second-order valence-corrected chi connectivity index (χ2v) is 6.06. The minimum atomic E-state index is 0.238. The number of hydrogen-bond acceptors (Lipinski definition) is 2. The minimum absolute atomic E-state index is 0.238. The Kier molecular flexibility index (Phi) is 2.20. The molecule has 2 aromatic rings. The number of fused-ring (bicyclic) bond motifs is 8. The molecule has 4 unspecified atom stereocenters. The molecule has 2 heteroatoms. The average molecular weight is 276 g/mol. The molecule has 21 heavy (non-hydrogen) atoms. The topological polar surface area (TPSA) is 18.5 Å². The van der Waals surface area contributed by atoms with Gasteiger partial charge in [0.2, 0.25) is 0 Å². The van der Waals surface area contributed by atoms with Crippen molar-refractivity contribution < 1.29 is 9.47 Å². The predicted octanol–water partition coefficient (Wildman–Crippen LogP) is 4.15. The van der Waals surface area contributed by atoms with Crippen molar-refractivity contribution in [3.8, 4) is 5.75 Å². The summed E-state index contributed by atoms with van der Waals surface area (Å²) < 4.78 is 11.6. The van der Waals surface area contributed by atoms with Gasteiger partial charge in [0.25, 0.3) is 0 Å². The summed E-state index contributed by atoms with van der Waals surface area (Å²) >= 11 is 0. The van der Waals surface area contributed by atoms with Crippen LogP contribution in [0, 0.1) is 11.8 Å². The van der Waals surface area contributed by atoms with Gasteiger partial charge in [-0.2, -0.15) is 0 Å². The van der Waals surface area contributed by atoms with E-state index in [-0.39, 0.29) is 12.2 Å². The summed E-state index contributed by atoms with van der Waals surface area (Å²) in [6, 6.07) is 17.0. The average Bonchev–Trinajstić information content (AvgIpc) is 2.99. The molecule has 0 N–H and O–H groups in total. The molecule has 0 saturated carbocycles. The van der Waals surface area contributed by atoms with Gasteiger partial charge in [-0.05, 0) is 34.4 Å². The van der Waals surface area contributed by atoms with Gasteiger partial charge < -0.3 is 9.47 Å². The van der Waals surface area contributed by atoms with E-state index >= 15 is 0 Å². The highest BCUT2D eigenvalue weighted by molar-refractivity contribution is 5.77. The molecule has 1 fully saturated rings. The van der Waals surface area contributed by atoms with Gasteiger partial charge in [0.15, 0.2) is 0 Å². The van der Waals surface area contributed by atoms with Crippen molar-refractivity contribution in [3.05, 3.63) is 71.3 Å². The van der Waals surface area contributed by atoms with Crippen molar-refractivity contribution in [1.82, 2.24) is 0 Å². The summed E-state index contributed by atoms with van der Waals surface area (Å²) in [6.07, 6.45) is 2.90. The number of ether oxygens (including phenoxy) is 2. The fourth-order valence-corrected chi connectivity index (χ4v) is 4.15. The van der Waals surface area contributed by atoms with Crippen LogP contribution in [0.25, 0.3) is 5.57 Å². The van der Waals surface area contributed by atoms with Crippen LogP contribution in [0.5, 0.6) is 5.75 Å². The van der Waals surface area contributed by atoms with Crippen molar-refractivity contribution in [2.24, 2.45) is 11.8 Å². The summed E-state index contributed by atoms with van der Waals surface area (Å²) in [7, 11) is 1.72. The van der Waals surface area contributed by atoms with Gasteiger partial charge in [-0.25, -0.2) is 0 Å². The highest BCUT2D eigenvalue weighted by Gasteiger charge is 2.56. The van der Waals surface area contributed by atoms with E-state index in [1.165, 1.54) is 22.3 Å². The lowest BCUT2D eigenvalue weighted by atomic mass is 9.63. The van der Waals surface area contributed by atoms with Gasteiger partial charge in [0, 0.05) is 11.8 Å². The van der Waals surface area contributed by atoms with Crippen LogP contribution < -0.4 is 4.74 Å². The lowest BCUT2D eigenvalue weighted by molar-refractivity contribution is 0.0626. The third kappa shape index (κ3) is 1.41. The first-order valence-corrected chi connectivity index (χ1v) is 7.47. The summed E-state index contributed by atoms with van der Waals surface area (Å²) in [5, 5.41) is 0. The number of benzene rings is 2. The molecular weight excluding hydrogens is 260 g/mol. The third-order valence-corrected chi connectivity index (χ3v) is 5.13. The van der Waals surface area contributed by atoms with Crippen LogP contribution in [0.3, 0.4) is 0 Å². The van der Waals surface area contributed by atoms with E-state index in [4.69, 9.17) is 9.47 Å². The van der Waals surface area contributed by atoms with Gasteiger partial charge in [-0.15, -0.1) is 0 Å². The van der Waals surface area contributed by atoms with Gasteiger partial charge in [0.1, 0.15) is 5.75 Å². The molecule has 3 aliphatic rings. The molecule has 5 rings (SSSR count). The quantitative estimate of drug-likeness (QED) is 0.820. The van der Waals surface area contributed by atoms with Crippen molar-refractivity contribution in [2.45, 2.75) is 12.2 Å². The van der Waals surface area contributed by atoms with E-state index in [1.807, 2.05) is 6.07 Å². The van der Waals surface area contributed by atoms with E-state index in [0.717, 1.165) is 5.75 Å². The van der Waals surface area contributed by atoms with Gasteiger partial charge >= 0.3 is 0 Å². The minimum Gasteiger partial charge on any atom is -0.497 e. The number of hydrogen-bond donors (Lipinski definition) is 0. The molecule has 0 spiro atoms. The van der Waals surface area contributed by atoms with Gasteiger partial charge in [-0.3, -0.25) is 0 Å². The van der Waals surface area contributed by atoms with Gasteiger partial charge in [0.05, 0.1) is 19.3 Å². The molecule has 2 aliphatic heterocycles. The zero-order valence-corrected chi connectivity index (χ0v) is 11.8. The van der Waals surface area contributed by atoms with Crippen LogP contribution in [0.15, 0.2) is 54.6 Å².